The summed E-state index contributed by atoms with van der Waals surface area (Å²) in [4.78, 5) is 4.09. The SMILES string of the molecule is Cc1c(CO)cc(-c2cccnc2)n1C. The Labute approximate surface area is 89.0 Å². The molecule has 0 unspecified atom stereocenters. The molecule has 0 aromatic carbocycles. The number of aromatic nitrogens is 2. The van der Waals surface area contributed by atoms with Gasteiger partial charge in [0.15, 0.2) is 0 Å². The van der Waals surface area contributed by atoms with Crippen molar-refractivity contribution in [3.8, 4) is 11.3 Å². The summed E-state index contributed by atoms with van der Waals surface area (Å²) in [5, 5.41) is 9.17. The third-order valence-electron chi connectivity index (χ3n) is 2.77. The predicted molar refractivity (Wildman–Crippen MR) is 59.3 cm³/mol. The predicted octanol–water partition coefficient (Wildman–Crippen LogP) is 1.89. The molecule has 0 aliphatic carbocycles. The van der Waals surface area contributed by atoms with Crippen molar-refractivity contribution in [3.63, 3.8) is 0 Å². The average Bonchev–Trinajstić information content (AvgIpc) is 2.57. The van der Waals surface area contributed by atoms with Crippen LogP contribution in [0.15, 0.2) is 30.6 Å². The largest absolute Gasteiger partial charge is 0.392 e. The van der Waals surface area contributed by atoms with Crippen LogP contribution in [0.3, 0.4) is 0 Å². The lowest BCUT2D eigenvalue weighted by molar-refractivity contribution is 0.281. The minimum Gasteiger partial charge on any atom is -0.392 e. The van der Waals surface area contributed by atoms with Crippen molar-refractivity contribution >= 4 is 0 Å². The molecule has 0 radical (unpaired) electrons. The number of nitrogens with zero attached hydrogens (tertiary/aromatic N) is 2. The van der Waals surface area contributed by atoms with Crippen LogP contribution >= 0.6 is 0 Å². The summed E-state index contributed by atoms with van der Waals surface area (Å²) >= 11 is 0. The van der Waals surface area contributed by atoms with Crippen LogP contribution in [0, 0.1) is 6.92 Å². The zero-order valence-electron chi connectivity index (χ0n) is 8.94. The van der Waals surface area contributed by atoms with Gasteiger partial charge in [0, 0.05) is 36.4 Å². The molecule has 0 atom stereocenters. The van der Waals surface area contributed by atoms with E-state index in [-0.39, 0.29) is 6.61 Å². The Kier molecular flexibility index (Phi) is 2.56. The number of aliphatic hydroxyl groups excluding tert-OH is 1. The van der Waals surface area contributed by atoms with Crippen LogP contribution in [0.4, 0.5) is 0 Å². The molecule has 2 aromatic heterocycles. The zero-order chi connectivity index (χ0) is 10.8. The molecule has 3 nitrogen and oxygen atoms in total. The Morgan fingerprint density at radius 3 is 2.80 bits per heavy atom. The highest BCUT2D eigenvalue weighted by atomic mass is 16.3. The van der Waals surface area contributed by atoms with Gasteiger partial charge in [-0.1, -0.05) is 0 Å². The summed E-state index contributed by atoms with van der Waals surface area (Å²) in [6, 6.07) is 5.94. The summed E-state index contributed by atoms with van der Waals surface area (Å²) in [7, 11) is 2.00. The third kappa shape index (κ3) is 1.66. The Balaban J connectivity index is 2.55. The van der Waals surface area contributed by atoms with Gasteiger partial charge in [-0.25, -0.2) is 0 Å². The maximum Gasteiger partial charge on any atom is 0.0699 e. The number of pyridine rings is 1. The molecule has 2 heterocycles. The molecule has 3 heteroatoms. The van der Waals surface area contributed by atoms with E-state index in [0.717, 1.165) is 22.5 Å². The summed E-state index contributed by atoms with van der Waals surface area (Å²) < 4.78 is 2.07. The van der Waals surface area contributed by atoms with E-state index in [0.29, 0.717) is 0 Å². The van der Waals surface area contributed by atoms with E-state index in [1.54, 1.807) is 6.20 Å². The monoisotopic (exact) mass is 202 g/mol. The van der Waals surface area contributed by atoms with Crippen LogP contribution in [0.25, 0.3) is 11.3 Å². The summed E-state index contributed by atoms with van der Waals surface area (Å²) in [5.74, 6) is 0. The van der Waals surface area contributed by atoms with Gasteiger partial charge in [-0.2, -0.15) is 0 Å². The average molecular weight is 202 g/mol. The minimum absolute atomic E-state index is 0.0833. The number of rotatable bonds is 2. The second-order valence-corrected chi connectivity index (χ2v) is 3.60. The first kappa shape index (κ1) is 9.93. The molecule has 2 aromatic rings. The molecule has 0 saturated heterocycles. The number of aliphatic hydroxyl groups is 1. The molecule has 0 aliphatic heterocycles. The minimum atomic E-state index is 0.0833. The maximum atomic E-state index is 9.17. The molecule has 15 heavy (non-hydrogen) atoms. The fraction of sp³-hybridized carbons (Fsp3) is 0.250. The molecule has 0 bridgehead atoms. The second-order valence-electron chi connectivity index (χ2n) is 3.60. The van der Waals surface area contributed by atoms with E-state index >= 15 is 0 Å². The fourth-order valence-electron chi connectivity index (χ4n) is 1.71. The van der Waals surface area contributed by atoms with Crippen LogP contribution in [-0.2, 0) is 13.7 Å². The fourth-order valence-corrected chi connectivity index (χ4v) is 1.71. The Hall–Kier alpha value is -1.61. The maximum absolute atomic E-state index is 9.17. The summed E-state index contributed by atoms with van der Waals surface area (Å²) in [6.45, 7) is 2.09. The van der Waals surface area contributed by atoms with Gasteiger partial charge in [0.05, 0.1) is 6.61 Å². The van der Waals surface area contributed by atoms with Crippen molar-refractivity contribution in [3.05, 3.63) is 41.9 Å². The molecule has 0 spiro atoms. The molecular weight excluding hydrogens is 188 g/mol. The quantitative estimate of drug-likeness (QED) is 0.807. The first-order chi connectivity index (χ1) is 7.24. The van der Waals surface area contributed by atoms with Crippen molar-refractivity contribution in [2.75, 3.05) is 0 Å². The third-order valence-corrected chi connectivity index (χ3v) is 2.77. The number of hydrogen-bond donors (Lipinski definition) is 1. The van der Waals surface area contributed by atoms with Crippen molar-refractivity contribution in [2.45, 2.75) is 13.5 Å². The van der Waals surface area contributed by atoms with Gasteiger partial charge in [-0.3, -0.25) is 4.98 Å². The van der Waals surface area contributed by atoms with Crippen LogP contribution in [-0.4, -0.2) is 14.7 Å². The van der Waals surface area contributed by atoms with Gasteiger partial charge in [0.25, 0.3) is 0 Å². The summed E-state index contributed by atoms with van der Waals surface area (Å²) in [5.41, 5.74) is 4.22. The van der Waals surface area contributed by atoms with Crippen molar-refractivity contribution in [1.82, 2.24) is 9.55 Å². The number of hydrogen-bond acceptors (Lipinski definition) is 2. The molecule has 0 aliphatic rings. The lowest BCUT2D eigenvalue weighted by Crippen LogP contribution is -1.95. The van der Waals surface area contributed by atoms with E-state index in [2.05, 4.69) is 9.55 Å². The highest BCUT2D eigenvalue weighted by molar-refractivity contribution is 5.61. The lowest BCUT2D eigenvalue weighted by Gasteiger charge is -2.04. The Morgan fingerprint density at radius 2 is 2.27 bits per heavy atom. The molecule has 0 amide bonds. The van der Waals surface area contributed by atoms with E-state index in [9.17, 15) is 5.11 Å². The molecule has 78 valence electrons. The Bertz CT molecular complexity index is 460. The van der Waals surface area contributed by atoms with Gasteiger partial charge in [0.1, 0.15) is 0 Å². The molecular formula is C12H14N2O. The summed E-state index contributed by atoms with van der Waals surface area (Å²) in [6.07, 6.45) is 3.59. The first-order valence-corrected chi connectivity index (χ1v) is 4.90. The smallest absolute Gasteiger partial charge is 0.0699 e. The zero-order valence-corrected chi connectivity index (χ0v) is 8.94. The van der Waals surface area contributed by atoms with Gasteiger partial charge in [-0.15, -0.1) is 0 Å². The van der Waals surface area contributed by atoms with Crippen LogP contribution in [0.5, 0.6) is 0 Å². The van der Waals surface area contributed by atoms with Crippen molar-refractivity contribution in [1.29, 1.82) is 0 Å². The molecule has 0 saturated carbocycles. The molecule has 0 fully saturated rings. The van der Waals surface area contributed by atoms with Gasteiger partial charge < -0.3 is 9.67 Å². The van der Waals surface area contributed by atoms with E-state index in [1.165, 1.54) is 0 Å². The molecule has 1 N–H and O–H groups in total. The highest BCUT2D eigenvalue weighted by Crippen LogP contribution is 2.23. The normalized spacial score (nSPS) is 10.6. The molecule has 2 rings (SSSR count). The van der Waals surface area contributed by atoms with Gasteiger partial charge >= 0.3 is 0 Å². The highest BCUT2D eigenvalue weighted by Gasteiger charge is 2.09. The first-order valence-electron chi connectivity index (χ1n) is 4.90. The van der Waals surface area contributed by atoms with Crippen molar-refractivity contribution in [2.24, 2.45) is 7.05 Å². The van der Waals surface area contributed by atoms with Crippen LogP contribution < -0.4 is 0 Å². The standard InChI is InChI=1S/C12H14N2O/c1-9-11(8-15)6-12(14(9)2)10-4-3-5-13-7-10/h3-7,15H,8H2,1-2H3. The lowest BCUT2D eigenvalue weighted by atomic mass is 10.2. The topological polar surface area (TPSA) is 38.1 Å². The van der Waals surface area contributed by atoms with Crippen molar-refractivity contribution < 1.29 is 5.11 Å². The second kappa shape index (κ2) is 3.87. The van der Waals surface area contributed by atoms with E-state index in [4.69, 9.17) is 0 Å². The van der Waals surface area contributed by atoms with Crippen LogP contribution in [0.2, 0.25) is 0 Å². The van der Waals surface area contributed by atoms with E-state index in [1.807, 2.05) is 38.4 Å². The Morgan fingerprint density at radius 1 is 1.47 bits per heavy atom. The van der Waals surface area contributed by atoms with Gasteiger partial charge in [-0.05, 0) is 30.7 Å². The van der Waals surface area contributed by atoms with Gasteiger partial charge in [0.2, 0.25) is 0 Å². The van der Waals surface area contributed by atoms with Crippen LogP contribution in [0.1, 0.15) is 11.3 Å². The van der Waals surface area contributed by atoms with E-state index < -0.39 is 0 Å².